The summed E-state index contributed by atoms with van der Waals surface area (Å²) < 4.78 is 24.9. The van der Waals surface area contributed by atoms with E-state index in [1.165, 1.54) is 30.4 Å². The normalized spacial score (nSPS) is 12.1. The van der Waals surface area contributed by atoms with E-state index in [-0.39, 0.29) is 6.61 Å². The van der Waals surface area contributed by atoms with Gasteiger partial charge in [0.05, 0.1) is 27.6 Å². The zero-order chi connectivity index (χ0) is 16.2. The minimum atomic E-state index is -0.620. The van der Waals surface area contributed by atoms with Crippen LogP contribution in [0.25, 0.3) is 10.2 Å². The number of benzene rings is 1. The van der Waals surface area contributed by atoms with Gasteiger partial charge in [-0.2, -0.15) is 0 Å². The Morgan fingerprint density at radius 3 is 2.91 bits per heavy atom. The van der Waals surface area contributed by atoms with E-state index < -0.39 is 17.9 Å². The molecule has 0 aliphatic heterocycles. The van der Waals surface area contributed by atoms with Gasteiger partial charge in [0.1, 0.15) is 18.2 Å². The van der Waals surface area contributed by atoms with Gasteiger partial charge in [0.2, 0.25) is 0 Å². The highest BCUT2D eigenvalue weighted by atomic mass is 32.1. The molecule has 118 valence electrons. The summed E-state index contributed by atoms with van der Waals surface area (Å²) in [5.74, 6) is -0.255. The summed E-state index contributed by atoms with van der Waals surface area (Å²) in [5.41, 5.74) is 3.13. The molecule has 3 aromatic rings. The average Bonchev–Trinajstić information content (AvgIpc) is 3.00. The van der Waals surface area contributed by atoms with Gasteiger partial charge in [-0.1, -0.05) is 0 Å². The van der Waals surface area contributed by atoms with Crippen molar-refractivity contribution in [2.24, 2.45) is 0 Å². The van der Waals surface area contributed by atoms with Crippen molar-refractivity contribution in [3.63, 3.8) is 0 Å². The minimum absolute atomic E-state index is 0.00526. The number of rotatable bonds is 5. The monoisotopic (exact) mass is 332 g/mol. The molecule has 1 aromatic carbocycles. The minimum Gasteiger partial charge on any atom is -0.480 e. The predicted octanol–water partition coefficient (Wildman–Crippen LogP) is 3.51. The Morgan fingerprint density at radius 2 is 2.17 bits per heavy atom. The second-order valence-corrected chi connectivity index (χ2v) is 5.68. The standard InChI is InChI=1S/C16H13FN2O3S/c1-10(20)21-8-15(13-4-2-11(17)7-18-13)22-12-3-5-14-16(6-12)23-9-19-14/h2-7,9,15H,8H2,1H3. The molecule has 0 radical (unpaired) electrons. The van der Waals surface area contributed by atoms with Gasteiger partial charge in [-0.25, -0.2) is 9.37 Å². The maximum Gasteiger partial charge on any atom is 0.302 e. The summed E-state index contributed by atoms with van der Waals surface area (Å²) in [7, 11) is 0. The summed E-state index contributed by atoms with van der Waals surface area (Å²) in [4.78, 5) is 19.3. The van der Waals surface area contributed by atoms with Crippen LogP contribution in [0.2, 0.25) is 0 Å². The lowest BCUT2D eigenvalue weighted by Crippen LogP contribution is -2.17. The number of halogens is 1. The number of carbonyl (C=O) groups is 1. The second-order valence-electron chi connectivity index (χ2n) is 4.79. The van der Waals surface area contributed by atoms with Crippen LogP contribution in [0.3, 0.4) is 0 Å². The number of aromatic nitrogens is 2. The highest BCUT2D eigenvalue weighted by molar-refractivity contribution is 7.16. The summed E-state index contributed by atoms with van der Waals surface area (Å²) in [6, 6.07) is 8.29. The van der Waals surface area contributed by atoms with Crippen LogP contribution in [0, 0.1) is 5.82 Å². The molecule has 2 aromatic heterocycles. The average molecular weight is 332 g/mol. The first-order valence-electron chi connectivity index (χ1n) is 6.86. The van der Waals surface area contributed by atoms with E-state index in [1.807, 2.05) is 12.1 Å². The van der Waals surface area contributed by atoms with Crippen LogP contribution >= 0.6 is 11.3 Å². The van der Waals surface area contributed by atoms with Gasteiger partial charge in [0, 0.05) is 6.92 Å². The van der Waals surface area contributed by atoms with Gasteiger partial charge < -0.3 is 9.47 Å². The van der Waals surface area contributed by atoms with Gasteiger partial charge in [-0.15, -0.1) is 11.3 Å². The Labute approximate surface area is 135 Å². The van der Waals surface area contributed by atoms with Crippen molar-refractivity contribution in [3.8, 4) is 5.75 Å². The van der Waals surface area contributed by atoms with Gasteiger partial charge in [-0.05, 0) is 30.3 Å². The van der Waals surface area contributed by atoms with E-state index >= 15 is 0 Å². The number of ether oxygens (including phenoxy) is 2. The molecule has 1 unspecified atom stereocenters. The summed E-state index contributed by atoms with van der Waals surface area (Å²) in [6.07, 6.45) is 0.483. The third-order valence-corrected chi connectivity index (χ3v) is 3.89. The molecule has 0 saturated heterocycles. The third-order valence-electron chi connectivity index (χ3n) is 3.10. The topological polar surface area (TPSA) is 61.3 Å². The molecule has 2 heterocycles. The van der Waals surface area contributed by atoms with Gasteiger partial charge in [-0.3, -0.25) is 9.78 Å². The Hall–Kier alpha value is -2.54. The Morgan fingerprint density at radius 1 is 1.30 bits per heavy atom. The predicted molar refractivity (Wildman–Crippen MR) is 83.8 cm³/mol. The van der Waals surface area contributed by atoms with Crippen molar-refractivity contribution in [1.29, 1.82) is 0 Å². The van der Waals surface area contributed by atoms with E-state index in [2.05, 4.69) is 9.97 Å². The smallest absolute Gasteiger partial charge is 0.302 e. The molecule has 0 saturated carbocycles. The quantitative estimate of drug-likeness (QED) is 0.669. The van der Waals surface area contributed by atoms with Crippen molar-refractivity contribution in [2.45, 2.75) is 13.0 Å². The second kappa shape index (κ2) is 6.70. The molecule has 0 aliphatic carbocycles. The highest BCUT2D eigenvalue weighted by Gasteiger charge is 2.17. The largest absolute Gasteiger partial charge is 0.480 e. The highest BCUT2D eigenvalue weighted by Crippen LogP contribution is 2.27. The number of carbonyl (C=O) groups excluding carboxylic acids is 1. The third kappa shape index (κ3) is 3.81. The SMILES string of the molecule is CC(=O)OCC(Oc1ccc2ncsc2c1)c1ccc(F)cn1. The molecule has 0 fully saturated rings. The summed E-state index contributed by atoms with van der Waals surface area (Å²) in [6.45, 7) is 1.31. The molecular formula is C16H13FN2O3S. The number of fused-ring (bicyclic) bond motifs is 1. The van der Waals surface area contributed by atoms with E-state index in [4.69, 9.17) is 9.47 Å². The molecule has 0 amide bonds. The molecule has 0 N–H and O–H groups in total. The summed E-state index contributed by atoms with van der Waals surface area (Å²) >= 11 is 1.50. The first-order valence-corrected chi connectivity index (χ1v) is 7.74. The molecule has 3 rings (SSSR count). The number of nitrogens with zero attached hydrogens (tertiary/aromatic N) is 2. The fraction of sp³-hybridized carbons (Fsp3) is 0.188. The molecule has 0 spiro atoms. The number of thiazole rings is 1. The van der Waals surface area contributed by atoms with E-state index in [0.29, 0.717) is 11.4 Å². The number of esters is 1. The molecule has 5 nitrogen and oxygen atoms in total. The maximum absolute atomic E-state index is 13.0. The fourth-order valence-corrected chi connectivity index (χ4v) is 2.73. The Kier molecular flexibility index (Phi) is 4.47. The molecule has 0 aliphatic rings. The van der Waals surface area contributed by atoms with Crippen LogP contribution in [0.1, 0.15) is 18.7 Å². The molecule has 1 atom stereocenters. The van der Waals surface area contributed by atoms with Crippen molar-refractivity contribution in [2.75, 3.05) is 6.61 Å². The fourth-order valence-electron chi connectivity index (χ4n) is 2.02. The van der Waals surface area contributed by atoms with Crippen molar-refractivity contribution < 1.29 is 18.7 Å². The van der Waals surface area contributed by atoms with E-state index in [9.17, 15) is 9.18 Å². The van der Waals surface area contributed by atoms with Crippen molar-refractivity contribution in [1.82, 2.24) is 9.97 Å². The van der Waals surface area contributed by atoms with E-state index in [1.54, 1.807) is 11.6 Å². The lowest BCUT2D eigenvalue weighted by atomic mass is 10.2. The molecule has 23 heavy (non-hydrogen) atoms. The van der Waals surface area contributed by atoms with Crippen molar-refractivity contribution >= 4 is 27.5 Å². The Balaban J connectivity index is 1.84. The first-order chi connectivity index (χ1) is 11.1. The first kappa shape index (κ1) is 15.4. The maximum atomic E-state index is 13.0. The van der Waals surface area contributed by atoms with Crippen LogP contribution in [-0.4, -0.2) is 22.5 Å². The van der Waals surface area contributed by atoms with Crippen LogP contribution in [0.5, 0.6) is 5.75 Å². The molecular weight excluding hydrogens is 319 g/mol. The summed E-state index contributed by atoms with van der Waals surface area (Å²) in [5, 5.41) is 0. The molecule has 7 heteroatoms. The Bertz CT molecular complexity index is 820. The zero-order valence-electron chi connectivity index (χ0n) is 12.2. The number of pyridine rings is 1. The van der Waals surface area contributed by atoms with Gasteiger partial charge in [0.15, 0.2) is 6.10 Å². The van der Waals surface area contributed by atoms with Crippen molar-refractivity contribution in [3.05, 3.63) is 53.6 Å². The lowest BCUT2D eigenvalue weighted by molar-refractivity contribution is -0.143. The zero-order valence-corrected chi connectivity index (χ0v) is 13.0. The van der Waals surface area contributed by atoms with Crippen LogP contribution in [0.4, 0.5) is 4.39 Å². The van der Waals surface area contributed by atoms with Crippen LogP contribution in [0.15, 0.2) is 42.0 Å². The van der Waals surface area contributed by atoms with Crippen LogP contribution < -0.4 is 4.74 Å². The van der Waals surface area contributed by atoms with Gasteiger partial charge >= 0.3 is 5.97 Å². The van der Waals surface area contributed by atoms with Crippen LogP contribution in [-0.2, 0) is 9.53 Å². The number of hydrogen-bond acceptors (Lipinski definition) is 6. The number of hydrogen-bond donors (Lipinski definition) is 0. The van der Waals surface area contributed by atoms with Gasteiger partial charge in [0.25, 0.3) is 0 Å². The lowest BCUT2D eigenvalue weighted by Gasteiger charge is -2.18. The molecule has 0 bridgehead atoms. The van der Waals surface area contributed by atoms with E-state index in [0.717, 1.165) is 16.4 Å².